The van der Waals surface area contributed by atoms with Gasteiger partial charge in [-0.3, -0.25) is 4.79 Å². The van der Waals surface area contributed by atoms with Gasteiger partial charge in [0.25, 0.3) is 5.91 Å². The zero-order chi connectivity index (χ0) is 18.3. The summed E-state index contributed by atoms with van der Waals surface area (Å²) in [5, 5.41) is 4.89. The second-order valence-corrected chi connectivity index (χ2v) is 7.11. The molecule has 1 N–H and O–H groups in total. The fourth-order valence-corrected chi connectivity index (χ4v) is 4.10. The number of benzene rings is 1. The third kappa shape index (κ3) is 2.75. The highest BCUT2D eigenvalue weighted by atomic mass is 16.5. The Morgan fingerprint density at radius 2 is 2.00 bits per heavy atom. The molecule has 0 saturated carbocycles. The van der Waals surface area contributed by atoms with Crippen LogP contribution in [0.4, 0.5) is 0 Å². The number of likely N-dealkylation sites (tertiary alicyclic amines) is 1. The molecule has 2 aliphatic heterocycles. The van der Waals surface area contributed by atoms with E-state index in [4.69, 9.17) is 9.84 Å². The lowest BCUT2D eigenvalue weighted by Crippen LogP contribution is -2.48. The van der Waals surface area contributed by atoms with Gasteiger partial charge < -0.3 is 14.6 Å². The van der Waals surface area contributed by atoms with E-state index in [2.05, 4.69) is 28.3 Å². The summed E-state index contributed by atoms with van der Waals surface area (Å²) in [6.45, 7) is 1.97. The van der Waals surface area contributed by atoms with Crippen molar-refractivity contribution in [1.82, 2.24) is 24.6 Å². The zero-order valence-electron chi connectivity index (χ0n) is 15.0. The maximum atomic E-state index is 12.5. The molecule has 1 aromatic carbocycles. The minimum atomic E-state index is -0.395. The molecule has 3 aromatic rings. The molecule has 7 nitrogen and oxygen atoms in total. The number of amides is 1. The molecule has 1 amide bonds. The Bertz CT molecular complexity index is 940. The molecule has 1 saturated heterocycles. The van der Waals surface area contributed by atoms with Gasteiger partial charge >= 0.3 is 0 Å². The summed E-state index contributed by atoms with van der Waals surface area (Å²) in [6, 6.07) is 10.1. The summed E-state index contributed by atoms with van der Waals surface area (Å²) in [6.07, 6.45) is 7.77. The van der Waals surface area contributed by atoms with E-state index in [9.17, 15) is 4.79 Å². The number of hydrogen-bond donors (Lipinski definition) is 1. The smallest absolute Gasteiger partial charge is 0.289 e. The van der Waals surface area contributed by atoms with Crippen LogP contribution in [0.2, 0.25) is 0 Å². The number of aromatic nitrogens is 4. The van der Waals surface area contributed by atoms with E-state index in [-0.39, 0.29) is 5.91 Å². The zero-order valence-corrected chi connectivity index (χ0v) is 15.0. The fraction of sp³-hybridized carbons (Fsp3) is 0.350. The maximum Gasteiger partial charge on any atom is 0.289 e. The van der Waals surface area contributed by atoms with Gasteiger partial charge in [-0.15, -0.1) is 0 Å². The van der Waals surface area contributed by atoms with Crippen LogP contribution in [-0.4, -0.2) is 50.3 Å². The van der Waals surface area contributed by atoms with Crippen LogP contribution < -0.4 is 0 Å². The van der Waals surface area contributed by atoms with Crippen molar-refractivity contribution in [3.05, 3.63) is 66.0 Å². The molecule has 1 fully saturated rings. The number of rotatable bonds is 2. The number of H-pyrrole nitrogens is 1. The van der Waals surface area contributed by atoms with Gasteiger partial charge in [-0.05, 0) is 37.0 Å². The first kappa shape index (κ1) is 16.3. The third-order valence-corrected chi connectivity index (χ3v) is 5.55. The summed E-state index contributed by atoms with van der Waals surface area (Å²) in [5.74, 6) is 0.338. The Hall–Kier alpha value is -2.93. The van der Waals surface area contributed by atoms with E-state index < -0.39 is 5.60 Å². The van der Waals surface area contributed by atoms with Gasteiger partial charge in [-0.2, -0.15) is 5.10 Å². The number of ether oxygens (including phenoxy) is 1. The van der Waals surface area contributed by atoms with Crippen LogP contribution in [0.25, 0.3) is 5.69 Å². The quantitative estimate of drug-likeness (QED) is 0.758. The molecule has 7 heteroatoms. The number of para-hydroxylation sites is 1. The van der Waals surface area contributed by atoms with Crippen LogP contribution >= 0.6 is 0 Å². The first-order chi connectivity index (χ1) is 13.3. The highest BCUT2D eigenvalue weighted by Gasteiger charge is 2.44. The average Bonchev–Trinajstić information content (AvgIpc) is 3.40. The first-order valence-corrected chi connectivity index (χ1v) is 9.32. The van der Waals surface area contributed by atoms with E-state index in [0.717, 1.165) is 30.6 Å². The minimum Gasteiger partial charge on any atom is -0.368 e. The van der Waals surface area contributed by atoms with Crippen molar-refractivity contribution >= 4 is 5.91 Å². The van der Waals surface area contributed by atoms with Crippen molar-refractivity contribution in [2.75, 3.05) is 19.7 Å². The van der Waals surface area contributed by atoms with Crippen LogP contribution in [-0.2, 0) is 16.8 Å². The molecule has 0 bridgehead atoms. The van der Waals surface area contributed by atoms with Gasteiger partial charge in [-0.25, -0.2) is 9.67 Å². The molecule has 2 aliphatic rings. The van der Waals surface area contributed by atoms with Crippen molar-refractivity contribution in [3.63, 3.8) is 0 Å². The molecule has 0 aliphatic carbocycles. The maximum absolute atomic E-state index is 12.5. The van der Waals surface area contributed by atoms with E-state index in [0.29, 0.717) is 25.5 Å². The Morgan fingerprint density at radius 3 is 2.74 bits per heavy atom. The summed E-state index contributed by atoms with van der Waals surface area (Å²) in [4.78, 5) is 21.3. The minimum absolute atomic E-state index is 0.0549. The fourth-order valence-electron chi connectivity index (χ4n) is 4.10. The Labute approximate surface area is 157 Å². The highest BCUT2D eigenvalue weighted by Crippen LogP contribution is 2.41. The number of carbonyl (C=O) groups excluding carboxylic acids is 1. The molecule has 0 atom stereocenters. The second-order valence-electron chi connectivity index (χ2n) is 7.11. The monoisotopic (exact) mass is 363 g/mol. The lowest BCUT2D eigenvalue weighted by atomic mass is 9.84. The second kappa shape index (κ2) is 6.35. The number of carbonyl (C=O) groups is 1. The number of hydrogen-bond acceptors (Lipinski definition) is 4. The molecule has 0 unspecified atom stereocenters. The van der Waals surface area contributed by atoms with Crippen molar-refractivity contribution < 1.29 is 9.53 Å². The van der Waals surface area contributed by atoms with Crippen molar-refractivity contribution in [2.45, 2.75) is 24.9 Å². The first-order valence-electron chi connectivity index (χ1n) is 9.32. The Kier molecular flexibility index (Phi) is 3.82. The van der Waals surface area contributed by atoms with Gasteiger partial charge in [0.05, 0.1) is 18.0 Å². The molecule has 27 heavy (non-hydrogen) atoms. The standard InChI is InChI=1S/C20H21N5O2/c26-19(18-21-9-10-22-18)24-11-7-20(8-12-24)17-15(6-13-27-20)14-25(23-17)16-4-2-1-3-5-16/h1-5,9-10,14H,6-8,11-13H2,(H,21,22). The number of nitrogens with one attached hydrogen (secondary N) is 1. The Balaban J connectivity index is 1.40. The normalized spacial score (nSPS) is 18.4. The van der Waals surface area contributed by atoms with E-state index >= 15 is 0 Å². The predicted molar refractivity (Wildman–Crippen MR) is 98.6 cm³/mol. The van der Waals surface area contributed by atoms with E-state index in [1.54, 1.807) is 12.4 Å². The highest BCUT2D eigenvalue weighted by molar-refractivity contribution is 5.90. The summed E-state index contributed by atoms with van der Waals surface area (Å²) in [5.41, 5.74) is 2.93. The van der Waals surface area contributed by atoms with Gasteiger partial charge in [-0.1, -0.05) is 18.2 Å². The summed E-state index contributed by atoms with van der Waals surface area (Å²) < 4.78 is 8.21. The molecule has 0 radical (unpaired) electrons. The number of aromatic amines is 1. The topological polar surface area (TPSA) is 76.0 Å². The Morgan fingerprint density at radius 1 is 1.19 bits per heavy atom. The van der Waals surface area contributed by atoms with Crippen molar-refractivity contribution in [3.8, 4) is 5.69 Å². The van der Waals surface area contributed by atoms with E-state index in [1.807, 2.05) is 27.8 Å². The number of nitrogens with zero attached hydrogens (tertiary/aromatic N) is 4. The molecular weight excluding hydrogens is 342 g/mol. The summed E-state index contributed by atoms with van der Waals surface area (Å²) >= 11 is 0. The van der Waals surface area contributed by atoms with Crippen LogP contribution in [0.5, 0.6) is 0 Å². The predicted octanol–water partition coefficient (Wildman–Crippen LogP) is 2.30. The lowest BCUT2D eigenvalue weighted by Gasteiger charge is -2.42. The molecule has 4 heterocycles. The molecule has 1 spiro atoms. The molecule has 5 rings (SSSR count). The molecule has 2 aromatic heterocycles. The van der Waals surface area contributed by atoms with Crippen LogP contribution in [0.1, 0.15) is 34.7 Å². The van der Waals surface area contributed by atoms with Crippen molar-refractivity contribution in [1.29, 1.82) is 0 Å². The largest absolute Gasteiger partial charge is 0.368 e. The molecule has 138 valence electrons. The molecular formula is C20H21N5O2. The SMILES string of the molecule is O=C(c1ncc[nH]1)N1CCC2(CC1)OCCc1cn(-c3ccccc3)nc12. The van der Waals surface area contributed by atoms with Crippen LogP contribution in [0.15, 0.2) is 48.9 Å². The van der Waals surface area contributed by atoms with Gasteiger partial charge in [0.2, 0.25) is 0 Å². The van der Waals surface area contributed by atoms with Crippen LogP contribution in [0.3, 0.4) is 0 Å². The number of imidazole rings is 1. The number of piperidine rings is 1. The van der Waals surface area contributed by atoms with Gasteiger partial charge in [0.15, 0.2) is 5.82 Å². The van der Waals surface area contributed by atoms with Gasteiger partial charge in [0, 0.05) is 31.7 Å². The van der Waals surface area contributed by atoms with Crippen LogP contribution in [0, 0.1) is 0 Å². The number of fused-ring (bicyclic) bond motifs is 2. The average molecular weight is 363 g/mol. The van der Waals surface area contributed by atoms with Crippen molar-refractivity contribution in [2.24, 2.45) is 0 Å². The van der Waals surface area contributed by atoms with Gasteiger partial charge in [0.1, 0.15) is 5.60 Å². The summed E-state index contributed by atoms with van der Waals surface area (Å²) in [7, 11) is 0. The van der Waals surface area contributed by atoms with E-state index in [1.165, 1.54) is 5.56 Å². The lowest BCUT2D eigenvalue weighted by molar-refractivity contribution is -0.0964. The third-order valence-electron chi connectivity index (χ3n) is 5.55.